The number of aldehydes is 1. The smallest absolute Gasteiger partial charge is 0.163 e. The maximum Gasteiger partial charge on any atom is 0.163 e. The molecule has 0 aliphatic heterocycles. The Hall–Kier alpha value is -1.97. The molecule has 0 aliphatic rings. The van der Waals surface area contributed by atoms with E-state index in [0.29, 0.717) is 5.56 Å². The van der Waals surface area contributed by atoms with Crippen LogP contribution in [-0.4, -0.2) is 21.1 Å². The lowest BCUT2D eigenvalue weighted by molar-refractivity contribution is 0.112. The zero-order valence-corrected chi connectivity index (χ0v) is 8.64. The predicted molar refractivity (Wildman–Crippen MR) is 56.6 cm³/mol. The van der Waals surface area contributed by atoms with Gasteiger partial charge in [-0.25, -0.2) is 0 Å². The first-order chi connectivity index (χ1) is 7.22. The van der Waals surface area contributed by atoms with Gasteiger partial charge in [0.1, 0.15) is 12.1 Å². The van der Waals surface area contributed by atoms with Gasteiger partial charge in [0, 0.05) is 18.2 Å². The van der Waals surface area contributed by atoms with Crippen molar-refractivity contribution in [2.45, 2.75) is 6.92 Å². The fourth-order valence-corrected chi connectivity index (χ4v) is 1.41. The van der Waals surface area contributed by atoms with Gasteiger partial charge >= 0.3 is 0 Å². The second-order valence-electron chi connectivity index (χ2n) is 3.37. The molecule has 4 heteroatoms. The topological polar surface area (TPSA) is 47.8 Å². The largest absolute Gasteiger partial charge is 0.314 e. The molecule has 0 amide bonds. The minimum Gasteiger partial charge on any atom is -0.314 e. The highest BCUT2D eigenvalue weighted by atomic mass is 16.1. The SMILES string of the molecule is Cc1nnc(-c2cccc(C=O)c2)n1C. The van der Waals surface area contributed by atoms with E-state index < -0.39 is 0 Å². The Kier molecular flexibility index (Phi) is 2.33. The third-order valence-corrected chi connectivity index (χ3v) is 2.37. The third kappa shape index (κ3) is 1.66. The Bertz CT molecular complexity index is 502. The third-order valence-electron chi connectivity index (χ3n) is 2.37. The van der Waals surface area contributed by atoms with Crippen LogP contribution < -0.4 is 0 Å². The van der Waals surface area contributed by atoms with Gasteiger partial charge in [0.25, 0.3) is 0 Å². The van der Waals surface area contributed by atoms with Crippen molar-refractivity contribution >= 4 is 6.29 Å². The highest BCUT2D eigenvalue weighted by Gasteiger charge is 2.07. The molecule has 4 nitrogen and oxygen atoms in total. The van der Waals surface area contributed by atoms with Crippen LogP contribution in [0.5, 0.6) is 0 Å². The summed E-state index contributed by atoms with van der Waals surface area (Å²) in [4.78, 5) is 10.6. The number of hydrogen-bond acceptors (Lipinski definition) is 3. The molecule has 2 aromatic rings. The monoisotopic (exact) mass is 201 g/mol. The summed E-state index contributed by atoms with van der Waals surface area (Å²) in [7, 11) is 1.90. The second kappa shape index (κ2) is 3.65. The molecule has 0 aliphatic carbocycles. The van der Waals surface area contributed by atoms with Crippen molar-refractivity contribution in [3.63, 3.8) is 0 Å². The Morgan fingerprint density at radius 2 is 2.13 bits per heavy atom. The molecule has 0 bridgehead atoms. The summed E-state index contributed by atoms with van der Waals surface area (Å²) in [6, 6.07) is 7.32. The maximum atomic E-state index is 10.6. The van der Waals surface area contributed by atoms with Crippen molar-refractivity contribution in [1.29, 1.82) is 0 Å². The molecule has 1 aromatic carbocycles. The quantitative estimate of drug-likeness (QED) is 0.693. The number of aromatic nitrogens is 3. The molecule has 0 atom stereocenters. The van der Waals surface area contributed by atoms with Crippen LogP contribution in [0.3, 0.4) is 0 Å². The van der Waals surface area contributed by atoms with Crippen molar-refractivity contribution < 1.29 is 4.79 Å². The molecular weight excluding hydrogens is 190 g/mol. The van der Waals surface area contributed by atoms with Crippen LogP contribution in [0, 0.1) is 6.92 Å². The Labute approximate surface area is 87.6 Å². The minimum absolute atomic E-state index is 0.646. The molecule has 0 radical (unpaired) electrons. The highest BCUT2D eigenvalue weighted by Crippen LogP contribution is 2.17. The molecule has 0 spiro atoms. The van der Waals surface area contributed by atoms with E-state index in [1.807, 2.05) is 30.7 Å². The first-order valence-corrected chi connectivity index (χ1v) is 4.64. The number of hydrogen-bond donors (Lipinski definition) is 0. The number of carbonyl (C=O) groups excluding carboxylic acids is 1. The second-order valence-corrected chi connectivity index (χ2v) is 3.37. The number of nitrogens with zero attached hydrogens (tertiary/aromatic N) is 3. The van der Waals surface area contributed by atoms with E-state index in [2.05, 4.69) is 10.2 Å². The summed E-state index contributed by atoms with van der Waals surface area (Å²) in [5, 5.41) is 8.03. The van der Waals surface area contributed by atoms with Crippen molar-refractivity contribution in [2.24, 2.45) is 7.05 Å². The van der Waals surface area contributed by atoms with Gasteiger partial charge in [-0.2, -0.15) is 0 Å². The van der Waals surface area contributed by atoms with Crippen LogP contribution in [0.15, 0.2) is 24.3 Å². The first-order valence-electron chi connectivity index (χ1n) is 4.64. The summed E-state index contributed by atoms with van der Waals surface area (Å²) in [6.45, 7) is 1.89. The molecule has 76 valence electrons. The van der Waals surface area contributed by atoms with Crippen LogP contribution in [0.25, 0.3) is 11.4 Å². The molecule has 0 N–H and O–H groups in total. The molecular formula is C11H11N3O. The van der Waals surface area contributed by atoms with Crippen molar-refractivity contribution in [2.75, 3.05) is 0 Å². The maximum absolute atomic E-state index is 10.6. The Morgan fingerprint density at radius 3 is 2.73 bits per heavy atom. The van der Waals surface area contributed by atoms with E-state index in [0.717, 1.165) is 23.5 Å². The molecule has 0 fully saturated rings. The summed E-state index contributed by atoms with van der Waals surface area (Å²) < 4.78 is 1.89. The van der Waals surface area contributed by atoms with Gasteiger partial charge in [-0.3, -0.25) is 4.79 Å². The fraction of sp³-hybridized carbons (Fsp3) is 0.182. The molecule has 0 unspecified atom stereocenters. The zero-order valence-electron chi connectivity index (χ0n) is 8.64. The van der Waals surface area contributed by atoms with Gasteiger partial charge in [0.2, 0.25) is 0 Å². The zero-order chi connectivity index (χ0) is 10.8. The van der Waals surface area contributed by atoms with Crippen molar-refractivity contribution in [3.05, 3.63) is 35.7 Å². The van der Waals surface area contributed by atoms with E-state index in [-0.39, 0.29) is 0 Å². The number of rotatable bonds is 2. The molecule has 15 heavy (non-hydrogen) atoms. The van der Waals surface area contributed by atoms with E-state index in [1.54, 1.807) is 12.1 Å². The Morgan fingerprint density at radius 1 is 1.33 bits per heavy atom. The first kappa shape index (κ1) is 9.58. The number of benzene rings is 1. The van der Waals surface area contributed by atoms with Gasteiger partial charge in [-0.05, 0) is 13.0 Å². The summed E-state index contributed by atoms with van der Waals surface area (Å²) >= 11 is 0. The average molecular weight is 201 g/mol. The standard InChI is InChI=1S/C11H11N3O/c1-8-12-13-11(14(8)2)10-5-3-4-9(6-10)7-15/h3-7H,1-2H3. The predicted octanol–water partition coefficient (Wildman–Crippen LogP) is 1.60. The number of carbonyl (C=O) groups is 1. The summed E-state index contributed by atoms with van der Waals surface area (Å²) in [5.74, 6) is 1.62. The molecule has 1 aromatic heterocycles. The summed E-state index contributed by atoms with van der Waals surface area (Å²) in [6.07, 6.45) is 0.826. The van der Waals surface area contributed by atoms with E-state index in [4.69, 9.17) is 0 Å². The normalized spacial score (nSPS) is 10.3. The van der Waals surface area contributed by atoms with Gasteiger partial charge in [0.05, 0.1) is 0 Å². The van der Waals surface area contributed by atoms with Crippen LogP contribution in [0.4, 0.5) is 0 Å². The van der Waals surface area contributed by atoms with Crippen LogP contribution in [0.2, 0.25) is 0 Å². The molecule has 1 heterocycles. The van der Waals surface area contributed by atoms with E-state index in [1.165, 1.54) is 0 Å². The Balaban J connectivity index is 2.53. The van der Waals surface area contributed by atoms with Gasteiger partial charge in [-0.1, -0.05) is 18.2 Å². The lowest BCUT2D eigenvalue weighted by Gasteiger charge is -2.01. The molecule has 0 saturated carbocycles. The van der Waals surface area contributed by atoms with E-state index in [9.17, 15) is 4.79 Å². The summed E-state index contributed by atoms with van der Waals surface area (Å²) in [5.41, 5.74) is 1.55. The van der Waals surface area contributed by atoms with Crippen molar-refractivity contribution in [1.82, 2.24) is 14.8 Å². The minimum atomic E-state index is 0.646. The highest BCUT2D eigenvalue weighted by molar-refractivity contribution is 5.77. The average Bonchev–Trinajstić information content (AvgIpc) is 2.60. The van der Waals surface area contributed by atoms with Crippen LogP contribution in [-0.2, 0) is 7.05 Å². The van der Waals surface area contributed by atoms with Gasteiger partial charge < -0.3 is 4.57 Å². The van der Waals surface area contributed by atoms with E-state index >= 15 is 0 Å². The van der Waals surface area contributed by atoms with Gasteiger partial charge in [-0.15, -0.1) is 10.2 Å². The van der Waals surface area contributed by atoms with Crippen LogP contribution in [0.1, 0.15) is 16.2 Å². The lowest BCUT2D eigenvalue weighted by Crippen LogP contribution is -1.95. The molecule has 2 rings (SSSR count). The number of aryl methyl sites for hydroxylation is 1. The molecule has 0 saturated heterocycles. The van der Waals surface area contributed by atoms with Gasteiger partial charge in [0.15, 0.2) is 5.82 Å². The van der Waals surface area contributed by atoms with Crippen LogP contribution >= 0.6 is 0 Å². The fourth-order valence-electron chi connectivity index (χ4n) is 1.41. The lowest BCUT2D eigenvalue weighted by atomic mass is 10.1. The van der Waals surface area contributed by atoms with Crippen molar-refractivity contribution in [3.8, 4) is 11.4 Å².